The number of fused-ring (bicyclic) bond motifs is 5. The molecule has 0 aromatic carbocycles. The standard InChI is InChI=1S/C25H42O4/c1-15(5-8-22(28)29-4)18-6-7-19-23-20(10-12-25(18,19)3)24(2)11-9-17(26)13-16(24)14-21(23)27/h15-21,23,26-27H,5-14H2,1-4H3/t15-,16+,17-,18-,19+,20+,21-,23+,24+,25-/m1/s1. The minimum atomic E-state index is -0.211. The topological polar surface area (TPSA) is 66.8 Å². The number of ether oxygens (including phenoxy) is 1. The summed E-state index contributed by atoms with van der Waals surface area (Å²) in [6, 6.07) is 0. The minimum absolute atomic E-state index is 0.0959. The molecule has 0 heterocycles. The van der Waals surface area contributed by atoms with E-state index in [4.69, 9.17) is 4.74 Å². The smallest absolute Gasteiger partial charge is 0.305 e. The van der Waals surface area contributed by atoms with Crippen molar-refractivity contribution in [2.75, 3.05) is 7.11 Å². The van der Waals surface area contributed by atoms with Crippen molar-refractivity contribution in [3.05, 3.63) is 0 Å². The molecule has 4 heteroatoms. The SMILES string of the molecule is COC(=O)CC[C@@H](C)[C@H]1CC[C@H]2[C@@H]3[C@H](O)C[C@@H]4C[C@H](O)CC[C@]4(C)[C@H]3CC[C@]12C. The Hall–Kier alpha value is -0.610. The van der Waals surface area contributed by atoms with Gasteiger partial charge >= 0.3 is 5.97 Å². The van der Waals surface area contributed by atoms with Crippen LogP contribution in [0.3, 0.4) is 0 Å². The van der Waals surface area contributed by atoms with Gasteiger partial charge in [0.05, 0.1) is 19.3 Å². The number of aliphatic hydroxyl groups excluding tert-OH is 2. The van der Waals surface area contributed by atoms with E-state index in [2.05, 4.69) is 20.8 Å². The first-order valence-electron chi connectivity index (χ1n) is 12.1. The molecule has 0 saturated heterocycles. The highest BCUT2D eigenvalue weighted by molar-refractivity contribution is 5.69. The van der Waals surface area contributed by atoms with Crippen LogP contribution in [0.4, 0.5) is 0 Å². The van der Waals surface area contributed by atoms with Gasteiger partial charge in [-0.3, -0.25) is 4.79 Å². The first-order chi connectivity index (χ1) is 13.7. The van der Waals surface area contributed by atoms with Crippen LogP contribution in [0.25, 0.3) is 0 Å². The number of aliphatic hydroxyl groups is 2. The molecule has 0 spiro atoms. The first-order valence-corrected chi connectivity index (χ1v) is 12.1. The highest BCUT2D eigenvalue weighted by atomic mass is 16.5. The van der Waals surface area contributed by atoms with Crippen LogP contribution in [-0.4, -0.2) is 35.5 Å². The van der Waals surface area contributed by atoms with Crippen LogP contribution in [-0.2, 0) is 9.53 Å². The molecular weight excluding hydrogens is 364 g/mol. The van der Waals surface area contributed by atoms with Crippen molar-refractivity contribution in [1.82, 2.24) is 0 Å². The van der Waals surface area contributed by atoms with E-state index in [9.17, 15) is 15.0 Å². The lowest BCUT2D eigenvalue weighted by Gasteiger charge is -2.62. The van der Waals surface area contributed by atoms with Crippen molar-refractivity contribution >= 4 is 5.97 Å². The van der Waals surface area contributed by atoms with Gasteiger partial charge in [0, 0.05) is 6.42 Å². The lowest BCUT2D eigenvalue weighted by atomic mass is 9.43. The third kappa shape index (κ3) is 3.46. The fraction of sp³-hybridized carbons (Fsp3) is 0.960. The lowest BCUT2D eigenvalue weighted by molar-refractivity contribution is -0.174. The Labute approximate surface area is 176 Å². The average molecular weight is 407 g/mol. The molecule has 4 saturated carbocycles. The number of hydrogen-bond acceptors (Lipinski definition) is 4. The van der Waals surface area contributed by atoms with Gasteiger partial charge in [-0.2, -0.15) is 0 Å². The largest absolute Gasteiger partial charge is 0.469 e. The van der Waals surface area contributed by atoms with Crippen LogP contribution in [0.2, 0.25) is 0 Å². The molecule has 10 atom stereocenters. The number of carbonyl (C=O) groups is 1. The number of hydrogen-bond donors (Lipinski definition) is 2. The van der Waals surface area contributed by atoms with Gasteiger partial charge < -0.3 is 14.9 Å². The average Bonchev–Trinajstić information content (AvgIpc) is 3.04. The maximum absolute atomic E-state index is 11.6. The van der Waals surface area contributed by atoms with E-state index in [-0.39, 0.29) is 23.6 Å². The fourth-order valence-electron chi connectivity index (χ4n) is 8.82. The number of carbonyl (C=O) groups excluding carboxylic acids is 1. The summed E-state index contributed by atoms with van der Waals surface area (Å²) in [5.41, 5.74) is 0.577. The highest BCUT2D eigenvalue weighted by Gasteiger charge is 2.62. The summed E-state index contributed by atoms with van der Waals surface area (Å²) in [5.74, 6) is 3.17. The second-order valence-electron chi connectivity index (χ2n) is 11.5. The van der Waals surface area contributed by atoms with Gasteiger partial charge in [-0.1, -0.05) is 20.8 Å². The van der Waals surface area contributed by atoms with Gasteiger partial charge in [-0.25, -0.2) is 0 Å². The number of methoxy groups -OCH3 is 1. The monoisotopic (exact) mass is 406 g/mol. The predicted octanol–water partition coefficient (Wildman–Crippen LogP) is 4.57. The third-order valence-electron chi connectivity index (χ3n) is 10.4. The van der Waals surface area contributed by atoms with Crippen LogP contribution < -0.4 is 0 Å². The zero-order valence-corrected chi connectivity index (χ0v) is 18.9. The summed E-state index contributed by atoms with van der Waals surface area (Å²) in [6.07, 6.45) is 9.80. The molecule has 4 nitrogen and oxygen atoms in total. The van der Waals surface area contributed by atoms with E-state index in [1.54, 1.807) is 0 Å². The number of esters is 1. The Morgan fingerprint density at radius 2 is 1.72 bits per heavy atom. The van der Waals surface area contributed by atoms with E-state index >= 15 is 0 Å². The van der Waals surface area contributed by atoms with E-state index in [1.165, 1.54) is 32.8 Å². The highest BCUT2D eigenvalue weighted by Crippen LogP contribution is 2.68. The molecule has 4 fully saturated rings. The summed E-state index contributed by atoms with van der Waals surface area (Å²) < 4.78 is 4.86. The molecule has 4 rings (SSSR count). The maximum atomic E-state index is 11.6. The van der Waals surface area contributed by atoms with Gasteiger partial charge in [0.2, 0.25) is 0 Å². The van der Waals surface area contributed by atoms with Crippen molar-refractivity contribution in [2.24, 2.45) is 46.3 Å². The van der Waals surface area contributed by atoms with E-state index < -0.39 is 0 Å². The Kier molecular flexibility index (Phi) is 5.83. The molecule has 0 aromatic rings. The Balaban J connectivity index is 1.53. The third-order valence-corrected chi connectivity index (χ3v) is 10.4. The summed E-state index contributed by atoms with van der Waals surface area (Å²) in [6.45, 7) is 7.29. The van der Waals surface area contributed by atoms with Crippen molar-refractivity contribution < 1.29 is 19.7 Å². The van der Waals surface area contributed by atoms with E-state index in [0.29, 0.717) is 47.3 Å². The molecule has 4 aliphatic rings. The van der Waals surface area contributed by atoms with Crippen LogP contribution in [0, 0.1) is 46.3 Å². The summed E-state index contributed by atoms with van der Waals surface area (Å²) in [7, 11) is 1.48. The van der Waals surface area contributed by atoms with E-state index in [0.717, 1.165) is 32.1 Å². The van der Waals surface area contributed by atoms with Crippen molar-refractivity contribution in [3.8, 4) is 0 Å². The fourth-order valence-corrected chi connectivity index (χ4v) is 8.82. The Morgan fingerprint density at radius 1 is 1.03 bits per heavy atom. The molecule has 2 N–H and O–H groups in total. The molecule has 0 bridgehead atoms. The molecule has 29 heavy (non-hydrogen) atoms. The quantitative estimate of drug-likeness (QED) is 0.671. The zero-order valence-electron chi connectivity index (χ0n) is 18.9. The molecule has 4 aliphatic carbocycles. The molecule has 0 unspecified atom stereocenters. The Bertz CT molecular complexity index is 620. The molecule has 0 aliphatic heterocycles. The maximum Gasteiger partial charge on any atom is 0.305 e. The first kappa shape index (κ1) is 21.6. The predicted molar refractivity (Wildman–Crippen MR) is 113 cm³/mol. The summed E-state index contributed by atoms with van der Waals surface area (Å²) in [5, 5.41) is 21.5. The normalized spacial score (nSPS) is 50.2. The van der Waals surface area contributed by atoms with Crippen molar-refractivity contribution in [1.29, 1.82) is 0 Å². The van der Waals surface area contributed by atoms with Gasteiger partial charge in [0.1, 0.15) is 0 Å². The van der Waals surface area contributed by atoms with Crippen molar-refractivity contribution in [2.45, 2.75) is 97.2 Å². The van der Waals surface area contributed by atoms with Gasteiger partial charge in [0.25, 0.3) is 0 Å². The molecule has 166 valence electrons. The molecular formula is C25H42O4. The van der Waals surface area contributed by atoms with Crippen LogP contribution in [0.15, 0.2) is 0 Å². The van der Waals surface area contributed by atoms with Gasteiger partial charge in [-0.15, -0.1) is 0 Å². The van der Waals surface area contributed by atoms with Crippen LogP contribution in [0.5, 0.6) is 0 Å². The Morgan fingerprint density at radius 3 is 2.45 bits per heavy atom. The molecule has 0 amide bonds. The number of rotatable bonds is 4. The molecule has 0 aromatic heterocycles. The second-order valence-corrected chi connectivity index (χ2v) is 11.5. The zero-order chi connectivity index (χ0) is 21.0. The van der Waals surface area contributed by atoms with Gasteiger partial charge in [0.15, 0.2) is 0 Å². The van der Waals surface area contributed by atoms with Crippen LogP contribution >= 0.6 is 0 Å². The molecule has 0 radical (unpaired) electrons. The summed E-state index contributed by atoms with van der Waals surface area (Å²) >= 11 is 0. The second kappa shape index (κ2) is 7.82. The summed E-state index contributed by atoms with van der Waals surface area (Å²) in [4.78, 5) is 11.6. The lowest BCUT2D eigenvalue weighted by Crippen LogP contribution is -2.58. The van der Waals surface area contributed by atoms with Crippen LogP contribution in [0.1, 0.15) is 85.0 Å². The van der Waals surface area contributed by atoms with Crippen molar-refractivity contribution in [3.63, 3.8) is 0 Å². The van der Waals surface area contributed by atoms with Gasteiger partial charge in [-0.05, 0) is 104 Å². The van der Waals surface area contributed by atoms with E-state index in [1.807, 2.05) is 0 Å². The minimum Gasteiger partial charge on any atom is -0.469 e.